The molecule has 0 spiro atoms. The van der Waals surface area contributed by atoms with E-state index in [0.717, 1.165) is 37.2 Å². The van der Waals surface area contributed by atoms with Gasteiger partial charge in [-0.05, 0) is 73.3 Å². The number of para-hydroxylation sites is 1. The van der Waals surface area contributed by atoms with E-state index in [4.69, 9.17) is 4.74 Å². The highest BCUT2D eigenvalue weighted by Crippen LogP contribution is 2.35. The first kappa shape index (κ1) is 24.6. The van der Waals surface area contributed by atoms with E-state index in [-0.39, 0.29) is 29.4 Å². The van der Waals surface area contributed by atoms with Gasteiger partial charge >= 0.3 is 6.03 Å². The Morgan fingerprint density at radius 1 is 1.14 bits per heavy atom. The lowest BCUT2D eigenvalue weighted by Gasteiger charge is -2.30. The Kier molecular flexibility index (Phi) is 7.24. The molecule has 0 aliphatic carbocycles. The fourth-order valence-corrected chi connectivity index (χ4v) is 5.12. The predicted molar refractivity (Wildman–Crippen MR) is 139 cm³/mol. The molecule has 37 heavy (non-hydrogen) atoms. The quantitative estimate of drug-likeness (QED) is 0.521. The normalized spacial score (nSPS) is 19.4. The van der Waals surface area contributed by atoms with Crippen LogP contribution in [0.2, 0.25) is 0 Å². The molecule has 2 saturated heterocycles. The maximum atomic E-state index is 15.0. The largest absolute Gasteiger partial charge is 0.507 e. The van der Waals surface area contributed by atoms with Gasteiger partial charge in [0, 0.05) is 43.5 Å². The average molecular weight is 501 g/mol. The van der Waals surface area contributed by atoms with Gasteiger partial charge in [0.15, 0.2) is 5.82 Å². The van der Waals surface area contributed by atoms with Crippen LogP contribution in [0.1, 0.15) is 35.6 Å². The highest BCUT2D eigenvalue weighted by Gasteiger charge is 2.39. The molecule has 2 aliphatic rings. The molecule has 2 amide bonds. The molecule has 2 aromatic carbocycles. The fraction of sp³-hybridized carbons (Fsp3) is 0.310. The van der Waals surface area contributed by atoms with Crippen molar-refractivity contribution in [3.63, 3.8) is 0 Å². The van der Waals surface area contributed by atoms with Gasteiger partial charge in [0.1, 0.15) is 17.2 Å². The van der Waals surface area contributed by atoms with Crippen molar-refractivity contribution in [2.24, 2.45) is 0 Å². The molecule has 0 unspecified atom stereocenters. The van der Waals surface area contributed by atoms with E-state index >= 15 is 0 Å². The second-order valence-electron chi connectivity index (χ2n) is 9.32. The molecule has 7 nitrogen and oxygen atoms in total. The van der Waals surface area contributed by atoms with Gasteiger partial charge in [0.05, 0.1) is 12.7 Å². The molecular formula is C29H29FN4O3. The smallest absolute Gasteiger partial charge is 0.321 e. The van der Waals surface area contributed by atoms with Crippen LogP contribution in [0.3, 0.4) is 0 Å². The van der Waals surface area contributed by atoms with Gasteiger partial charge in [-0.15, -0.1) is 0 Å². The number of carbonyl (C=O) groups excluding carboxylic acids is 1. The molecular weight excluding hydrogens is 471 g/mol. The number of anilines is 1. The van der Waals surface area contributed by atoms with Crippen LogP contribution in [-0.2, 0) is 0 Å². The van der Waals surface area contributed by atoms with E-state index in [2.05, 4.69) is 27.0 Å². The number of phenolic OH excluding ortho intramolecular Hbond substituents is 1. The van der Waals surface area contributed by atoms with E-state index in [1.165, 1.54) is 12.1 Å². The lowest BCUT2D eigenvalue weighted by molar-refractivity contribution is 0.196. The zero-order valence-corrected chi connectivity index (χ0v) is 20.7. The number of benzene rings is 2. The lowest BCUT2D eigenvalue weighted by atomic mass is 9.92. The zero-order chi connectivity index (χ0) is 25.8. The van der Waals surface area contributed by atoms with Crippen LogP contribution >= 0.6 is 0 Å². The van der Waals surface area contributed by atoms with Crippen molar-refractivity contribution in [1.82, 2.24) is 14.8 Å². The van der Waals surface area contributed by atoms with Crippen molar-refractivity contribution in [2.45, 2.75) is 24.8 Å². The van der Waals surface area contributed by atoms with Crippen LogP contribution in [0.5, 0.6) is 11.5 Å². The summed E-state index contributed by atoms with van der Waals surface area (Å²) >= 11 is 0. The number of halogens is 1. The van der Waals surface area contributed by atoms with Gasteiger partial charge in [-0.1, -0.05) is 18.1 Å². The van der Waals surface area contributed by atoms with E-state index in [1.54, 1.807) is 31.5 Å². The molecule has 0 radical (unpaired) electrons. The van der Waals surface area contributed by atoms with Crippen LogP contribution in [0, 0.1) is 17.7 Å². The number of hydrogen-bond donors (Lipinski definition) is 2. The predicted octanol–water partition coefficient (Wildman–Crippen LogP) is 4.43. The van der Waals surface area contributed by atoms with Crippen molar-refractivity contribution in [3.8, 4) is 23.3 Å². The summed E-state index contributed by atoms with van der Waals surface area (Å²) < 4.78 is 20.2. The summed E-state index contributed by atoms with van der Waals surface area (Å²) in [5, 5.41) is 12.9. The summed E-state index contributed by atoms with van der Waals surface area (Å²) in [4.78, 5) is 21.6. The molecule has 2 aliphatic heterocycles. The minimum Gasteiger partial charge on any atom is -0.507 e. The summed E-state index contributed by atoms with van der Waals surface area (Å²) in [6, 6.07) is 15.4. The number of methoxy groups -OCH3 is 1. The molecule has 0 bridgehead atoms. The Labute approximate surface area is 215 Å². The number of carbonyl (C=O) groups is 1. The Bertz CT molecular complexity index is 1330. The third-order valence-corrected chi connectivity index (χ3v) is 7.08. The first-order valence-electron chi connectivity index (χ1n) is 12.4. The van der Waals surface area contributed by atoms with E-state index in [9.17, 15) is 14.3 Å². The van der Waals surface area contributed by atoms with Crippen LogP contribution in [0.4, 0.5) is 14.9 Å². The Balaban J connectivity index is 1.30. The van der Waals surface area contributed by atoms with Crippen molar-refractivity contribution in [2.75, 3.05) is 38.6 Å². The van der Waals surface area contributed by atoms with Crippen molar-refractivity contribution in [1.29, 1.82) is 0 Å². The van der Waals surface area contributed by atoms with Crippen LogP contribution in [0.15, 0.2) is 60.8 Å². The number of aromatic hydroxyl groups is 1. The number of ether oxygens (including phenoxy) is 1. The van der Waals surface area contributed by atoms with Gasteiger partial charge < -0.3 is 20.1 Å². The summed E-state index contributed by atoms with van der Waals surface area (Å²) in [6.45, 7) is 3.02. The minimum absolute atomic E-state index is 0.0446. The number of phenols is 1. The zero-order valence-electron chi connectivity index (χ0n) is 20.7. The summed E-state index contributed by atoms with van der Waals surface area (Å²) in [5.41, 5.74) is 1.99. The first-order valence-corrected chi connectivity index (χ1v) is 12.4. The Hall–Kier alpha value is -4.09. The summed E-state index contributed by atoms with van der Waals surface area (Å²) in [7, 11) is 1.60. The molecule has 0 saturated carbocycles. The number of nitrogens with zero attached hydrogens (tertiary/aromatic N) is 3. The van der Waals surface area contributed by atoms with Gasteiger partial charge in [0.2, 0.25) is 0 Å². The second-order valence-corrected chi connectivity index (χ2v) is 9.32. The maximum absolute atomic E-state index is 15.0. The van der Waals surface area contributed by atoms with E-state index in [0.29, 0.717) is 24.3 Å². The number of fused-ring (bicyclic) bond motifs is 1. The number of hydrogen-bond acceptors (Lipinski definition) is 5. The van der Waals surface area contributed by atoms with Crippen molar-refractivity contribution in [3.05, 3.63) is 83.4 Å². The molecule has 5 rings (SSSR count). The van der Waals surface area contributed by atoms with Gasteiger partial charge in [-0.2, -0.15) is 0 Å². The lowest BCUT2D eigenvalue weighted by Crippen LogP contribution is -2.43. The Morgan fingerprint density at radius 3 is 2.70 bits per heavy atom. The first-order chi connectivity index (χ1) is 18.0. The number of pyridine rings is 1. The molecule has 2 N–H and O–H groups in total. The van der Waals surface area contributed by atoms with Crippen molar-refractivity contribution >= 4 is 11.7 Å². The minimum atomic E-state index is -0.485. The molecule has 8 heteroatoms. The van der Waals surface area contributed by atoms with Gasteiger partial charge in [0.25, 0.3) is 0 Å². The molecule has 2 atom stereocenters. The van der Waals surface area contributed by atoms with Crippen LogP contribution < -0.4 is 10.1 Å². The Morgan fingerprint density at radius 2 is 1.95 bits per heavy atom. The van der Waals surface area contributed by atoms with E-state index < -0.39 is 5.82 Å². The number of rotatable bonds is 3. The van der Waals surface area contributed by atoms with Gasteiger partial charge in [-0.25, -0.2) is 14.2 Å². The third-order valence-electron chi connectivity index (χ3n) is 7.08. The third kappa shape index (κ3) is 5.52. The van der Waals surface area contributed by atoms with E-state index in [1.807, 2.05) is 29.2 Å². The standard InChI is InChI=1S/C29H29FN4O3/c1-37-23-10-8-22(9-11-23)32-29(36)34-15-4-14-33-16-13-24(27(33)19-34)21-17-25(30)26(31-18-21)12-7-20-5-2-3-6-28(20)35/h2-3,5-6,8-11,17-18,24,27,35H,4,13-16,19H2,1H3,(H,32,36)/t24-,27+/m1/s1. The molecule has 3 heterocycles. The number of amides is 2. The monoisotopic (exact) mass is 500 g/mol. The number of aromatic nitrogens is 1. The van der Waals surface area contributed by atoms with Crippen molar-refractivity contribution < 1.29 is 19.0 Å². The average Bonchev–Trinajstić information content (AvgIpc) is 3.18. The van der Waals surface area contributed by atoms with Crippen LogP contribution in [0.25, 0.3) is 0 Å². The highest BCUT2D eigenvalue weighted by molar-refractivity contribution is 5.89. The SMILES string of the molecule is COc1ccc(NC(=O)N2CCCN3CC[C@H](c4cnc(C#Cc5ccccc5O)c(F)c4)[C@@H]3C2)cc1. The topological polar surface area (TPSA) is 77.9 Å². The molecule has 190 valence electrons. The maximum Gasteiger partial charge on any atom is 0.321 e. The second kappa shape index (κ2) is 10.9. The molecule has 2 fully saturated rings. The van der Waals surface area contributed by atoms with Crippen LogP contribution in [-0.4, -0.2) is 65.3 Å². The van der Waals surface area contributed by atoms with Gasteiger partial charge in [-0.3, -0.25) is 4.90 Å². The summed E-state index contributed by atoms with van der Waals surface area (Å²) in [6.07, 6.45) is 3.45. The summed E-state index contributed by atoms with van der Waals surface area (Å²) in [5.74, 6) is 5.88. The number of urea groups is 1. The number of nitrogens with one attached hydrogen (secondary N) is 1. The molecule has 1 aromatic heterocycles. The fourth-order valence-electron chi connectivity index (χ4n) is 5.12. The molecule has 3 aromatic rings. The highest BCUT2D eigenvalue weighted by atomic mass is 19.1.